The summed E-state index contributed by atoms with van der Waals surface area (Å²) >= 11 is 3.48. The van der Waals surface area contributed by atoms with Crippen LogP contribution in [-0.4, -0.2) is 68.0 Å². The van der Waals surface area contributed by atoms with Crippen molar-refractivity contribution in [3.8, 4) is 0 Å². The number of hydrogen-bond donors (Lipinski definition) is 2. The van der Waals surface area contributed by atoms with Gasteiger partial charge < -0.3 is 15.5 Å². The monoisotopic (exact) mass is 435 g/mol. The van der Waals surface area contributed by atoms with Crippen LogP contribution in [0, 0.1) is 0 Å². The van der Waals surface area contributed by atoms with Crippen molar-refractivity contribution in [2.24, 2.45) is 4.99 Å². The first-order chi connectivity index (χ1) is 13.0. The van der Waals surface area contributed by atoms with E-state index in [0.29, 0.717) is 18.5 Å². The number of benzene rings is 1. The van der Waals surface area contributed by atoms with Gasteiger partial charge in [0.15, 0.2) is 5.96 Å². The van der Waals surface area contributed by atoms with E-state index >= 15 is 0 Å². The van der Waals surface area contributed by atoms with E-state index in [-0.39, 0.29) is 12.5 Å². The molecule has 2 rings (SSSR count). The number of carbonyl (C=O) groups is 1. The normalized spacial score (nSPS) is 16.0. The molecule has 1 amide bonds. The van der Waals surface area contributed by atoms with Gasteiger partial charge in [0.25, 0.3) is 0 Å². The summed E-state index contributed by atoms with van der Waals surface area (Å²) in [6.45, 7) is 7.55. The molecule has 1 aliphatic heterocycles. The smallest absolute Gasteiger partial charge is 0.243 e. The molecule has 0 saturated carbocycles. The Hall–Kier alpha value is -1.86. The van der Waals surface area contributed by atoms with Crippen LogP contribution < -0.4 is 10.6 Å². The molecule has 1 saturated heterocycles. The van der Waals surface area contributed by atoms with Gasteiger partial charge in [0.2, 0.25) is 5.91 Å². The molecule has 0 aliphatic carbocycles. The van der Waals surface area contributed by atoms with E-state index in [4.69, 9.17) is 0 Å². The van der Waals surface area contributed by atoms with Gasteiger partial charge in [-0.1, -0.05) is 34.1 Å². The minimum atomic E-state index is -0.0148. The number of carbonyl (C=O) groups excluding carboxylic acids is 1. The lowest BCUT2D eigenvalue weighted by Gasteiger charge is -2.33. The van der Waals surface area contributed by atoms with Crippen molar-refractivity contribution in [1.82, 2.24) is 20.4 Å². The zero-order valence-corrected chi connectivity index (χ0v) is 17.8. The Kier molecular flexibility index (Phi) is 8.81. The van der Waals surface area contributed by atoms with E-state index in [2.05, 4.69) is 67.3 Å². The first-order valence-electron chi connectivity index (χ1n) is 9.30. The van der Waals surface area contributed by atoms with Gasteiger partial charge in [-0.25, -0.2) is 4.99 Å². The summed E-state index contributed by atoms with van der Waals surface area (Å²) in [5, 5.41) is 6.66. The Balaban J connectivity index is 1.83. The SMILES string of the molecule is C=CCNC(=NCC(=O)N(C)C)NC1CCN(Cc2ccc(Br)cc2)CC1. The lowest BCUT2D eigenvalue weighted by molar-refractivity contribution is -0.127. The maximum atomic E-state index is 11.8. The van der Waals surface area contributed by atoms with E-state index in [1.165, 1.54) is 5.56 Å². The highest BCUT2D eigenvalue weighted by Crippen LogP contribution is 2.16. The van der Waals surface area contributed by atoms with Gasteiger partial charge in [-0.2, -0.15) is 0 Å². The van der Waals surface area contributed by atoms with Crippen LogP contribution in [0.2, 0.25) is 0 Å². The highest BCUT2D eigenvalue weighted by molar-refractivity contribution is 9.10. The summed E-state index contributed by atoms with van der Waals surface area (Å²) in [4.78, 5) is 20.2. The van der Waals surface area contributed by atoms with E-state index < -0.39 is 0 Å². The van der Waals surface area contributed by atoms with Gasteiger partial charge in [-0.3, -0.25) is 9.69 Å². The molecule has 1 heterocycles. The molecule has 1 aromatic rings. The molecule has 0 aromatic heterocycles. The van der Waals surface area contributed by atoms with Gasteiger partial charge in [0.05, 0.1) is 0 Å². The lowest BCUT2D eigenvalue weighted by atomic mass is 10.0. The molecule has 0 spiro atoms. The third-order valence-corrected chi connectivity index (χ3v) is 5.06. The van der Waals surface area contributed by atoms with E-state index in [1.54, 1.807) is 25.1 Å². The van der Waals surface area contributed by atoms with Crippen molar-refractivity contribution in [2.75, 3.05) is 40.3 Å². The lowest BCUT2D eigenvalue weighted by Crippen LogP contribution is -2.48. The van der Waals surface area contributed by atoms with Crippen molar-refractivity contribution < 1.29 is 4.79 Å². The Morgan fingerprint density at radius 3 is 2.59 bits per heavy atom. The van der Waals surface area contributed by atoms with Crippen LogP contribution in [0.3, 0.4) is 0 Å². The maximum absolute atomic E-state index is 11.8. The Labute approximate surface area is 170 Å². The first kappa shape index (κ1) is 21.4. The topological polar surface area (TPSA) is 60.0 Å². The zero-order chi connectivity index (χ0) is 19.6. The number of aliphatic imine (C=N–C) groups is 1. The summed E-state index contributed by atoms with van der Waals surface area (Å²) in [6, 6.07) is 8.87. The number of nitrogens with one attached hydrogen (secondary N) is 2. The number of likely N-dealkylation sites (N-methyl/N-ethyl adjacent to an activating group) is 1. The van der Waals surface area contributed by atoms with Crippen LogP contribution in [0.5, 0.6) is 0 Å². The minimum Gasteiger partial charge on any atom is -0.354 e. The molecule has 1 fully saturated rings. The van der Waals surface area contributed by atoms with Crippen molar-refractivity contribution >= 4 is 27.8 Å². The van der Waals surface area contributed by atoms with E-state index in [0.717, 1.165) is 36.9 Å². The van der Waals surface area contributed by atoms with Gasteiger partial charge >= 0.3 is 0 Å². The van der Waals surface area contributed by atoms with Crippen LogP contribution in [0.15, 0.2) is 46.4 Å². The molecule has 0 atom stereocenters. The molecule has 0 bridgehead atoms. The molecular weight excluding hydrogens is 406 g/mol. The molecule has 0 unspecified atom stereocenters. The molecule has 7 heteroatoms. The van der Waals surface area contributed by atoms with Crippen LogP contribution in [0.25, 0.3) is 0 Å². The molecule has 1 aromatic carbocycles. The average molecular weight is 436 g/mol. The number of halogens is 1. The van der Waals surface area contributed by atoms with E-state index in [1.807, 2.05) is 0 Å². The molecule has 1 aliphatic rings. The number of rotatable bonds is 7. The average Bonchev–Trinajstić information content (AvgIpc) is 2.66. The summed E-state index contributed by atoms with van der Waals surface area (Å²) < 4.78 is 1.11. The fraction of sp³-hybridized carbons (Fsp3) is 0.500. The van der Waals surface area contributed by atoms with Gasteiger partial charge in [0.1, 0.15) is 6.54 Å². The second-order valence-electron chi connectivity index (χ2n) is 6.94. The highest BCUT2D eigenvalue weighted by Gasteiger charge is 2.20. The minimum absolute atomic E-state index is 0.0148. The summed E-state index contributed by atoms with van der Waals surface area (Å²) in [5.41, 5.74) is 1.33. The highest BCUT2D eigenvalue weighted by atomic mass is 79.9. The number of piperidine rings is 1. The Bertz CT molecular complexity index is 636. The third kappa shape index (κ3) is 7.72. The van der Waals surface area contributed by atoms with Crippen molar-refractivity contribution in [1.29, 1.82) is 0 Å². The third-order valence-electron chi connectivity index (χ3n) is 4.53. The molecule has 6 nitrogen and oxygen atoms in total. The molecule has 0 radical (unpaired) electrons. The Morgan fingerprint density at radius 2 is 2.00 bits per heavy atom. The summed E-state index contributed by atoms with van der Waals surface area (Å²) in [7, 11) is 3.48. The number of nitrogens with zero attached hydrogens (tertiary/aromatic N) is 3. The maximum Gasteiger partial charge on any atom is 0.243 e. The van der Waals surface area contributed by atoms with E-state index in [9.17, 15) is 4.79 Å². The van der Waals surface area contributed by atoms with Crippen LogP contribution in [0.1, 0.15) is 18.4 Å². The fourth-order valence-corrected chi connectivity index (χ4v) is 3.15. The zero-order valence-electron chi connectivity index (χ0n) is 16.2. The van der Waals surface area contributed by atoms with Crippen LogP contribution in [0.4, 0.5) is 0 Å². The largest absolute Gasteiger partial charge is 0.354 e. The molecule has 27 heavy (non-hydrogen) atoms. The van der Waals surface area contributed by atoms with Crippen molar-refractivity contribution in [3.63, 3.8) is 0 Å². The van der Waals surface area contributed by atoms with Crippen molar-refractivity contribution in [2.45, 2.75) is 25.4 Å². The number of likely N-dealkylation sites (tertiary alicyclic amines) is 1. The molecular formula is C20H30BrN5O. The second kappa shape index (κ2) is 11.1. The van der Waals surface area contributed by atoms with Crippen LogP contribution in [-0.2, 0) is 11.3 Å². The second-order valence-corrected chi connectivity index (χ2v) is 7.86. The van der Waals surface area contributed by atoms with Gasteiger partial charge in [-0.05, 0) is 30.5 Å². The molecule has 2 N–H and O–H groups in total. The predicted octanol–water partition coefficient (Wildman–Crippen LogP) is 2.22. The standard InChI is InChI=1S/C20H30BrN5O/c1-4-11-22-20(23-14-19(27)25(2)3)24-18-9-12-26(13-10-18)15-16-5-7-17(21)8-6-16/h4-8,18H,1,9-15H2,2-3H3,(H2,22,23,24). The Morgan fingerprint density at radius 1 is 1.33 bits per heavy atom. The van der Waals surface area contributed by atoms with Gasteiger partial charge in [0, 0.05) is 50.8 Å². The van der Waals surface area contributed by atoms with Crippen LogP contribution >= 0.6 is 15.9 Å². The van der Waals surface area contributed by atoms with Gasteiger partial charge in [-0.15, -0.1) is 6.58 Å². The number of hydrogen-bond acceptors (Lipinski definition) is 3. The molecule has 148 valence electrons. The number of guanidine groups is 1. The predicted molar refractivity (Wildman–Crippen MR) is 115 cm³/mol. The fourth-order valence-electron chi connectivity index (χ4n) is 2.89. The quantitative estimate of drug-likeness (QED) is 0.391. The summed E-state index contributed by atoms with van der Waals surface area (Å²) in [6.07, 6.45) is 3.88. The van der Waals surface area contributed by atoms with Crippen molar-refractivity contribution in [3.05, 3.63) is 47.0 Å². The first-order valence-corrected chi connectivity index (χ1v) is 10.1. The summed E-state index contributed by atoms with van der Waals surface area (Å²) in [5.74, 6) is 0.662. The number of amides is 1.